The number of aromatic nitrogens is 5. The van der Waals surface area contributed by atoms with Gasteiger partial charge < -0.3 is 9.13 Å². The van der Waals surface area contributed by atoms with Crippen LogP contribution in [0.1, 0.15) is 0 Å². The van der Waals surface area contributed by atoms with E-state index < -0.39 is 0 Å². The summed E-state index contributed by atoms with van der Waals surface area (Å²) in [5, 5.41) is 9.55. The molecule has 0 aliphatic rings. The number of benzene rings is 10. The zero-order chi connectivity index (χ0) is 42.1. The quantitative estimate of drug-likeness (QED) is 0.168. The molecule has 298 valence electrons. The summed E-state index contributed by atoms with van der Waals surface area (Å²) in [6, 6.07) is 80.0. The van der Waals surface area contributed by atoms with Gasteiger partial charge in [-0.25, -0.2) is 15.0 Å². The van der Waals surface area contributed by atoms with Gasteiger partial charge in [-0.05, 0) is 75.8 Å². The van der Waals surface area contributed by atoms with Gasteiger partial charge in [-0.3, -0.25) is 0 Å². The molecule has 0 atom stereocenters. The summed E-state index contributed by atoms with van der Waals surface area (Å²) in [6.45, 7) is 0. The molecule has 5 nitrogen and oxygen atoms in total. The topological polar surface area (TPSA) is 48.5 Å². The van der Waals surface area contributed by atoms with E-state index >= 15 is 0 Å². The molecular weight excluding hydrogens is 779 g/mol. The Morgan fingerprint density at radius 1 is 0.266 bits per heavy atom. The van der Waals surface area contributed by atoms with E-state index in [0.717, 1.165) is 61.0 Å². The van der Waals surface area contributed by atoms with E-state index in [-0.39, 0.29) is 0 Å². The Labute approximate surface area is 368 Å². The van der Waals surface area contributed by atoms with Crippen molar-refractivity contribution in [3.63, 3.8) is 0 Å². The molecule has 0 unspecified atom stereocenters. The SMILES string of the molecule is c1ccc(-c2ccc3c4cc5c6c7ccccc7ccc6n(-c6ccccc6)c5cc4n(-c4cc(-c5nc(-c6ccccc6)nc(-c6ccccc6)n5)cc5ccccc45)c3c2)cc1. The fraction of sp³-hybridized carbons (Fsp3) is 0. The van der Waals surface area contributed by atoms with Crippen LogP contribution in [0.15, 0.2) is 224 Å². The molecule has 0 aliphatic heterocycles. The van der Waals surface area contributed by atoms with E-state index in [1.807, 2.05) is 36.4 Å². The highest BCUT2D eigenvalue weighted by atomic mass is 15.0. The lowest BCUT2D eigenvalue weighted by Gasteiger charge is -2.15. The summed E-state index contributed by atoms with van der Waals surface area (Å²) in [5.41, 5.74) is 11.8. The first-order valence-electron chi connectivity index (χ1n) is 21.7. The molecule has 0 spiro atoms. The van der Waals surface area contributed by atoms with E-state index in [9.17, 15) is 0 Å². The van der Waals surface area contributed by atoms with Crippen LogP contribution in [0.25, 0.3) is 122 Å². The normalized spacial score (nSPS) is 11.8. The number of fused-ring (bicyclic) bond motifs is 9. The largest absolute Gasteiger partial charge is 0.309 e. The zero-order valence-electron chi connectivity index (χ0n) is 34.6. The Bertz CT molecular complexity index is 3870. The summed E-state index contributed by atoms with van der Waals surface area (Å²) in [5.74, 6) is 1.88. The Balaban J connectivity index is 1.16. The van der Waals surface area contributed by atoms with Gasteiger partial charge in [-0.1, -0.05) is 176 Å². The van der Waals surface area contributed by atoms with Crippen molar-refractivity contribution in [1.29, 1.82) is 0 Å². The molecular formula is C59H37N5. The van der Waals surface area contributed by atoms with Gasteiger partial charge in [-0.2, -0.15) is 0 Å². The third kappa shape index (κ3) is 5.75. The molecule has 0 fully saturated rings. The number of hydrogen-bond donors (Lipinski definition) is 0. The summed E-state index contributed by atoms with van der Waals surface area (Å²) >= 11 is 0. The van der Waals surface area contributed by atoms with Crippen LogP contribution < -0.4 is 0 Å². The van der Waals surface area contributed by atoms with Crippen LogP contribution in [-0.4, -0.2) is 24.1 Å². The fourth-order valence-electron chi connectivity index (χ4n) is 9.76. The van der Waals surface area contributed by atoms with Crippen LogP contribution in [0.3, 0.4) is 0 Å². The summed E-state index contributed by atoms with van der Waals surface area (Å²) in [7, 11) is 0. The smallest absolute Gasteiger partial charge is 0.164 e. The summed E-state index contributed by atoms with van der Waals surface area (Å²) in [4.78, 5) is 15.4. The number of rotatable bonds is 6. The number of para-hydroxylation sites is 1. The first-order chi connectivity index (χ1) is 31.7. The van der Waals surface area contributed by atoms with Crippen molar-refractivity contribution in [2.45, 2.75) is 0 Å². The van der Waals surface area contributed by atoms with E-state index in [4.69, 9.17) is 15.0 Å². The summed E-state index contributed by atoms with van der Waals surface area (Å²) < 4.78 is 4.91. The average Bonchev–Trinajstić information content (AvgIpc) is 3.87. The molecule has 3 heterocycles. The maximum absolute atomic E-state index is 5.21. The first kappa shape index (κ1) is 36.0. The maximum Gasteiger partial charge on any atom is 0.164 e. The minimum absolute atomic E-state index is 0.615. The Morgan fingerprint density at radius 2 is 0.812 bits per heavy atom. The molecule has 0 aliphatic carbocycles. The molecule has 64 heavy (non-hydrogen) atoms. The Hall–Kier alpha value is -8.67. The maximum atomic E-state index is 5.21. The highest BCUT2D eigenvalue weighted by molar-refractivity contribution is 6.25. The minimum atomic E-state index is 0.615. The van der Waals surface area contributed by atoms with Crippen molar-refractivity contribution in [2.75, 3.05) is 0 Å². The lowest BCUT2D eigenvalue weighted by Crippen LogP contribution is -2.02. The second-order valence-corrected chi connectivity index (χ2v) is 16.4. The number of nitrogens with zero attached hydrogens (tertiary/aromatic N) is 5. The van der Waals surface area contributed by atoms with E-state index in [1.165, 1.54) is 43.4 Å². The van der Waals surface area contributed by atoms with Crippen molar-refractivity contribution in [1.82, 2.24) is 24.1 Å². The predicted molar refractivity (Wildman–Crippen MR) is 265 cm³/mol. The lowest BCUT2D eigenvalue weighted by atomic mass is 10.0. The van der Waals surface area contributed by atoms with Crippen LogP contribution in [0.2, 0.25) is 0 Å². The lowest BCUT2D eigenvalue weighted by molar-refractivity contribution is 1.07. The third-order valence-corrected chi connectivity index (χ3v) is 12.7. The van der Waals surface area contributed by atoms with Gasteiger partial charge in [0.25, 0.3) is 0 Å². The van der Waals surface area contributed by atoms with E-state index in [0.29, 0.717) is 17.5 Å². The number of hydrogen-bond acceptors (Lipinski definition) is 3. The van der Waals surface area contributed by atoms with Crippen molar-refractivity contribution < 1.29 is 0 Å². The molecule has 0 amide bonds. The van der Waals surface area contributed by atoms with Gasteiger partial charge in [0, 0.05) is 49.3 Å². The van der Waals surface area contributed by atoms with Crippen molar-refractivity contribution in [3.05, 3.63) is 224 Å². The first-order valence-corrected chi connectivity index (χ1v) is 21.7. The van der Waals surface area contributed by atoms with Gasteiger partial charge in [0.05, 0.1) is 27.8 Å². The van der Waals surface area contributed by atoms with Gasteiger partial charge in [0.1, 0.15) is 0 Å². The molecule has 13 aromatic rings. The fourth-order valence-corrected chi connectivity index (χ4v) is 9.76. The van der Waals surface area contributed by atoms with Crippen molar-refractivity contribution in [2.24, 2.45) is 0 Å². The Morgan fingerprint density at radius 3 is 1.50 bits per heavy atom. The zero-order valence-corrected chi connectivity index (χ0v) is 34.6. The van der Waals surface area contributed by atoms with Gasteiger partial charge in [0.15, 0.2) is 17.5 Å². The Kier molecular flexibility index (Phi) is 8.15. The minimum Gasteiger partial charge on any atom is -0.309 e. The molecule has 13 rings (SSSR count). The van der Waals surface area contributed by atoms with Gasteiger partial charge >= 0.3 is 0 Å². The highest BCUT2D eigenvalue weighted by Gasteiger charge is 2.22. The second kappa shape index (κ2) is 14.5. The van der Waals surface area contributed by atoms with Crippen molar-refractivity contribution in [3.8, 4) is 56.7 Å². The van der Waals surface area contributed by atoms with Crippen molar-refractivity contribution >= 4 is 65.2 Å². The molecule has 0 bridgehead atoms. The molecule has 0 saturated heterocycles. The van der Waals surface area contributed by atoms with Gasteiger partial charge in [0.2, 0.25) is 0 Å². The summed E-state index contributed by atoms with van der Waals surface area (Å²) in [6.07, 6.45) is 0. The molecule has 5 heteroatoms. The van der Waals surface area contributed by atoms with E-state index in [1.54, 1.807) is 0 Å². The average molecular weight is 816 g/mol. The van der Waals surface area contributed by atoms with E-state index in [2.05, 4.69) is 197 Å². The highest BCUT2D eigenvalue weighted by Crippen LogP contribution is 2.44. The van der Waals surface area contributed by atoms with Crippen LogP contribution in [-0.2, 0) is 0 Å². The van der Waals surface area contributed by atoms with Crippen LogP contribution in [0.4, 0.5) is 0 Å². The third-order valence-electron chi connectivity index (χ3n) is 12.7. The molecule has 0 radical (unpaired) electrons. The van der Waals surface area contributed by atoms with Gasteiger partial charge in [-0.15, -0.1) is 0 Å². The predicted octanol–water partition coefficient (Wildman–Crippen LogP) is 15.0. The van der Waals surface area contributed by atoms with Crippen LogP contribution >= 0.6 is 0 Å². The van der Waals surface area contributed by atoms with Crippen LogP contribution in [0.5, 0.6) is 0 Å². The molecule has 3 aromatic heterocycles. The molecule has 0 N–H and O–H groups in total. The molecule has 0 saturated carbocycles. The second-order valence-electron chi connectivity index (χ2n) is 16.4. The van der Waals surface area contributed by atoms with Crippen LogP contribution in [0, 0.1) is 0 Å². The molecule has 10 aromatic carbocycles. The standard InChI is InChI=1S/C59H37N5/c1-5-17-38(18-6-1)42-29-31-48-49-36-50-55(63(45-25-11-4-12-26-45)51-32-30-39-19-13-16-28-47(39)56(50)51)37-54(49)64(53(48)34-42)52-35-44(33-43-24-14-15-27-46(43)52)59-61-57(40-20-7-2-8-21-40)60-58(62-59)41-22-9-3-10-23-41/h1-37H. The monoisotopic (exact) mass is 815 g/mol.